The second kappa shape index (κ2) is 7.67. The molecule has 0 bridgehead atoms. The highest BCUT2D eigenvalue weighted by molar-refractivity contribution is 6.30. The maximum Gasteiger partial charge on any atom is 0.294 e. The van der Waals surface area contributed by atoms with Gasteiger partial charge in [-0.25, -0.2) is 0 Å². The standard InChI is InChI=1S/C24H22ClN5O3/c1-33-12-15-10-20-18(26-23(31)22-28-27-21(30(20)22)8-13-2-3-13)11-17(15)24(32)29-7-6-14-9-16(25)4-5-19(14)29/h4-5,9-11,13H,2-3,6-8,12H2,1H3,(H,26,31). The van der Waals surface area contributed by atoms with E-state index in [0.29, 0.717) is 28.6 Å². The van der Waals surface area contributed by atoms with Crippen LogP contribution in [0.4, 0.5) is 5.69 Å². The van der Waals surface area contributed by atoms with Crippen molar-refractivity contribution in [3.63, 3.8) is 0 Å². The number of anilines is 1. The van der Waals surface area contributed by atoms with Gasteiger partial charge in [-0.2, -0.15) is 0 Å². The van der Waals surface area contributed by atoms with Gasteiger partial charge in [-0.15, -0.1) is 10.2 Å². The van der Waals surface area contributed by atoms with Crippen molar-refractivity contribution in [1.29, 1.82) is 0 Å². The number of benzene rings is 2. The summed E-state index contributed by atoms with van der Waals surface area (Å²) in [7, 11) is 1.60. The van der Waals surface area contributed by atoms with Crippen LogP contribution in [0.3, 0.4) is 0 Å². The largest absolute Gasteiger partial charge is 0.380 e. The lowest BCUT2D eigenvalue weighted by Crippen LogP contribution is -2.30. The SMILES string of the molecule is COCc1cc2c(cc1C(=O)N1CCc3cc(Cl)ccc31)[nH]c(=O)c1nnc(CC3CC3)n12. The second-order valence-electron chi connectivity index (χ2n) is 8.82. The molecule has 1 aliphatic heterocycles. The molecule has 8 nitrogen and oxygen atoms in total. The molecular weight excluding hydrogens is 442 g/mol. The molecule has 168 valence electrons. The number of fused-ring (bicyclic) bond motifs is 4. The molecule has 1 amide bonds. The Morgan fingerprint density at radius 1 is 1.24 bits per heavy atom. The fourth-order valence-electron chi connectivity index (χ4n) is 4.72. The number of hydrogen-bond donors (Lipinski definition) is 1. The van der Waals surface area contributed by atoms with Gasteiger partial charge in [-0.05, 0) is 66.6 Å². The van der Waals surface area contributed by atoms with Crippen LogP contribution in [0.2, 0.25) is 5.02 Å². The molecule has 1 fully saturated rings. The molecule has 1 saturated carbocycles. The normalized spacial score (nSPS) is 15.5. The van der Waals surface area contributed by atoms with Crippen molar-refractivity contribution < 1.29 is 9.53 Å². The molecule has 6 rings (SSSR count). The number of aromatic nitrogens is 4. The molecule has 1 aliphatic carbocycles. The molecule has 4 aromatic rings. The van der Waals surface area contributed by atoms with Gasteiger partial charge in [0.05, 0.1) is 17.6 Å². The predicted molar refractivity (Wildman–Crippen MR) is 125 cm³/mol. The third kappa shape index (κ3) is 3.41. The van der Waals surface area contributed by atoms with E-state index in [2.05, 4.69) is 15.2 Å². The van der Waals surface area contributed by atoms with Crippen LogP contribution in [0.15, 0.2) is 35.1 Å². The number of nitrogens with one attached hydrogen (secondary N) is 1. The van der Waals surface area contributed by atoms with Crippen molar-refractivity contribution in [3.8, 4) is 0 Å². The Hall–Kier alpha value is -3.23. The van der Waals surface area contributed by atoms with E-state index in [0.717, 1.165) is 41.0 Å². The number of amides is 1. The van der Waals surface area contributed by atoms with E-state index in [4.69, 9.17) is 16.3 Å². The molecule has 1 N–H and O–H groups in total. The Morgan fingerprint density at radius 3 is 2.88 bits per heavy atom. The Bertz CT molecular complexity index is 1490. The van der Waals surface area contributed by atoms with Crippen LogP contribution < -0.4 is 10.5 Å². The summed E-state index contributed by atoms with van der Waals surface area (Å²) in [5.41, 5.74) is 4.44. The van der Waals surface area contributed by atoms with E-state index >= 15 is 0 Å². The number of halogens is 1. The topological polar surface area (TPSA) is 92.6 Å². The number of methoxy groups -OCH3 is 1. The summed E-state index contributed by atoms with van der Waals surface area (Å²) >= 11 is 6.13. The van der Waals surface area contributed by atoms with Crippen molar-refractivity contribution in [2.75, 3.05) is 18.6 Å². The minimum Gasteiger partial charge on any atom is -0.380 e. The molecule has 0 atom stereocenters. The second-order valence-corrected chi connectivity index (χ2v) is 9.25. The van der Waals surface area contributed by atoms with Crippen LogP contribution in [0.5, 0.6) is 0 Å². The zero-order valence-electron chi connectivity index (χ0n) is 18.1. The quantitative estimate of drug-likeness (QED) is 0.488. The Balaban J connectivity index is 1.51. The smallest absolute Gasteiger partial charge is 0.294 e. The lowest BCUT2D eigenvalue weighted by Gasteiger charge is -2.20. The van der Waals surface area contributed by atoms with Crippen molar-refractivity contribution in [1.82, 2.24) is 19.6 Å². The first-order valence-electron chi connectivity index (χ1n) is 11.1. The number of carbonyl (C=O) groups is 1. The van der Waals surface area contributed by atoms with E-state index in [-0.39, 0.29) is 23.7 Å². The maximum atomic E-state index is 13.7. The van der Waals surface area contributed by atoms with Crippen LogP contribution in [0, 0.1) is 5.92 Å². The highest BCUT2D eigenvalue weighted by Gasteiger charge is 2.29. The van der Waals surface area contributed by atoms with Crippen LogP contribution in [-0.2, 0) is 24.2 Å². The molecule has 0 spiro atoms. The fourth-order valence-corrected chi connectivity index (χ4v) is 4.92. The Morgan fingerprint density at radius 2 is 2.09 bits per heavy atom. The highest BCUT2D eigenvalue weighted by Crippen LogP contribution is 2.34. The Kier molecular flexibility index (Phi) is 4.74. The Labute approximate surface area is 194 Å². The summed E-state index contributed by atoms with van der Waals surface area (Å²) in [5.74, 6) is 1.24. The van der Waals surface area contributed by atoms with Crippen molar-refractivity contribution in [2.24, 2.45) is 5.92 Å². The summed E-state index contributed by atoms with van der Waals surface area (Å²) in [6.07, 6.45) is 3.88. The lowest BCUT2D eigenvalue weighted by molar-refractivity contribution is 0.0984. The number of ether oxygens (including phenoxy) is 1. The van der Waals surface area contributed by atoms with E-state index in [1.807, 2.05) is 22.6 Å². The summed E-state index contributed by atoms with van der Waals surface area (Å²) in [5, 5.41) is 9.08. The molecule has 33 heavy (non-hydrogen) atoms. The third-order valence-electron chi connectivity index (χ3n) is 6.52. The van der Waals surface area contributed by atoms with E-state index in [9.17, 15) is 9.59 Å². The fraction of sp³-hybridized carbons (Fsp3) is 0.333. The number of nitrogens with zero attached hydrogens (tertiary/aromatic N) is 4. The first kappa shape index (κ1) is 20.4. The summed E-state index contributed by atoms with van der Waals surface area (Å²) in [4.78, 5) is 31.1. The van der Waals surface area contributed by atoms with Crippen LogP contribution in [-0.4, -0.2) is 39.1 Å². The van der Waals surface area contributed by atoms with E-state index in [1.54, 1.807) is 24.1 Å². The van der Waals surface area contributed by atoms with E-state index in [1.165, 1.54) is 12.8 Å². The van der Waals surface area contributed by atoms with Crippen LogP contribution in [0.1, 0.15) is 40.2 Å². The third-order valence-corrected chi connectivity index (χ3v) is 6.76. The molecular formula is C24H22ClN5O3. The minimum atomic E-state index is -0.323. The van der Waals surface area contributed by atoms with Crippen LogP contribution >= 0.6 is 11.6 Å². The van der Waals surface area contributed by atoms with Gasteiger partial charge in [-0.1, -0.05) is 11.6 Å². The number of carbonyl (C=O) groups excluding carboxylic acids is 1. The van der Waals surface area contributed by atoms with Crippen molar-refractivity contribution >= 4 is 39.9 Å². The summed E-state index contributed by atoms with van der Waals surface area (Å²) < 4.78 is 7.26. The molecule has 0 saturated heterocycles. The van der Waals surface area contributed by atoms with Gasteiger partial charge in [0.25, 0.3) is 11.5 Å². The number of H-pyrrole nitrogens is 1. The van der Waals surface area contributed by atoms with E-state index < -0.39 is 0 Å². The molecule has 2 aliphatic rings. The number of rotatable bonds is 5. The predicted octanol–water partition coefficient (Wildman–Crippen LogP) is 3.53. The molecule has 3 heterocycles. The molecule has 0 unspecified atom stereocenters. The zero-order chi connectivity index (χ0) is 22.7. The summed E-state index contributed by atoms with van der Waals surface area (Å²) in [6.45, 7) is 0.838. The zero-order valence-corrected chi connectivity index (χ0v) is 18.9. The molecule has 0 radical (unpaired) electrons. The van der Waals surface area contributed by atoms with Gasteiger partial charge in [0, 0.05) is 36.3 Å². The van der Waals surface area contributed by atoms with Gasteiger partial charge >= 0.3 is 0 Å². The summed E-state index contributed by atoms with van der Waals surface area (Å²) in [6, 6.07) is 9.24. The average molecular weight is 464 g/mol. The first-order chi connectivity index (χ1) is 16.0. The monoisotopic (exact) mass is 463 g/mol. The van der Waals surface area contributed by atoms with Gasteiger partial charge in [0.2, 0.25) is 5.65 Å². The number of hydrogen-bond acceptors (Lipinski definition) is 5. The lowest BCUT2D eigenvalue weighted by atomic mass is 10.0. The molecule has 2 aromatic carbocycles. The van der Waals surface area contributed by atoms with Crippen molar-refractivity contribution in [2.45, 2.75) is 32.3 Å². The van der Waals surface area contributed by atoms with Gasteiger partial charge in [-0.3, -0.25) is 14.0 Å². The van der Waals surface area contributed by atoms with Gasteiger partial charge < -0.3 is 14.6 Å². The average Bonchev–Trinajstić information content (AvgIpc) is 3.35. The number of aromatic amines is 1. The van der Waals surface area contributed by atoms with Gasteiger partial charge in [0.15, 0.2) is 0 Å². The minimum absolute atomic E-state index is 0.132. The van der Waals surface area contributed by atoms with Crippen LogP contribution in [0.25, 0.3) is 16.7 Å². The molecule has 2 aromatic heterocycles. The highest BCUT2D eigenvalue weighted by atomic mass is 35.5. The van der Waals surface area contributed by atoms with Crippen molar-refractivity contribution in [3.05, 3.63) is 68.2 Å². The van der Waals surface area contributed by atoms with Gasteiger partial charge in [0.1, 0.15) is 5.82 Å². The first-order valence-corrected chi connectivity index (χ1v) is 11.4. The maximum absolute atomic E-state index is 13.7. The molecule has 9 heteroatoms.